The Morgan fingerprint density at radius 1 is 0.898 bits per heavy atom. The number of carbonyl (C=O) groups excluding carboxylic acids is 2. The van der Waals surface area contributed by atoms with Gasteiger partial charge in [-0.3, -0.25) is 9.69 Å². The van der Waals surface area contributed by atoms with Crippen LogP contribution in [0.5, 0.6) is 0 Å². The zero-order chi connectivity index (χ0) is 34.1. The molecule has 11 nitrogen and oxygen atoms in total. The van der Waals surface area contributed by atoms with Crippen molar-refractivity contribution in [3.8, 4) is 33.6 Å². The SMILES string of the molecule is CC(C)(C)OC(=O)N1CCCC1c1ncc(-c2ccc(-c3ccc(-c4nc5[nH]c4COC/C=C/CC(N)C(=O)N4CCCC54)cc3)cc2)[nH]1. The number of rotatable bonds is 4. The normalized spacial score (nSPS) is 22.3. The number of H-pyrrole nitrogens is 2. The van der Waals surface area contributed by atoms with Crippen molar-refractivity contribution in [2.24, 2.45) is 5.73 Å². The van der Waals surface area contributed by atoms with Crippen LogP contribution in [-0.4, -0.2) is 73.1 Å². The van der Waals surface area contributed by atoms with Crippen LogP contribution in [0.4, 0.5) is 4.79 Å². The average molecular weight is 664 g/mol. The van der Waals surface area contributed by atoms with E-state index in [1.165, 1.54) is 0 Å². The van der Waals surface area contributed by atoms with Crippen molar-refractivity contribution in [3.63, 3.8) is 0 Å². The summed E-state index contributed by atoms with van der Waals surface area (Å²) in [5.74, 6) is 1.53. The van der Waals surface area contributed by atoms with E-state index in [4.69, 9.17) is 20.2 Å². The number of hydrogen-bond donors (Lipinski definition) is 3. The summed E-state index contributed by atoms with van der Waals surface area (Å²) in [5.41, 5.74) is 12.5. The van der Waals surface area contributed by atoms with Gasteiger partial charge in [0.25, 0.3) is 0 Å². The van der Waals surface area contributed by atoms with Gasteiger partial charge in [0.15, 0.2) is 0 Å². The summed E-state index contributed by atoms with van der Waals surface area (Å²) in [6.45, 7) is 7.81. The quantitative estimate of drug-likeness (QED) is 0.207. The van der Waals surface area contributed by atoms with Gasteiger partial charge in [0.2, 0.25) is 5.91 Å². The van der Waals surface area contributed by atoms with Gasteiger partial charge in [0, 0.05) is 18.7 Å². The zero-order valence-corrected chi connectivity index (χ0v) is 28.4. The molecule has 3 aliphatic rings. The highest BCUT2D eigenvalue weighted by Gasteiger charge is 2.36. The number of fused-ring (bicyclic) bond motifs is 4. The monoisotopic (exact) mass is 663 g/mol. The summed E-state index contributed by atoms with van der Waals surface area (Å²) in [7, 11) is 0. The second-order valence-electron chi connectivity index (χ2n) is 14.1. The number of carbonyl (C=O) groups is 2. The lowest BCUT2D eigenvalue weighted by Gasteiger charge is -2.27. The van der Waals surface area contributed by atoms with Crippen molar-refractivity contribution < 1.29 is 19.1 Å². The number of likely N-dealkylation sites (tertiary alicyclic amines) is 1. The molecule has 256 valence electrons. The molecule has 7 rings (SSSR count). The van der Waals surface area contributed by atoms with Gasteiger partial charge in [-0.05, 0) is 69.6 Å². The predicted octanol–water partition coefficient (Wildman–Crippen LogP) is 6.67. The van der Waals surface area contributed by atoms with E-state index in [9.17, 15) is 9.59 Å². The standard InChI is InChI=1S/C38H45N7O4/c1-38(2,3)49-37(47)45-20-7-9-31(45)34-40-22-29(41-34)26-15-11-24(12-16-26)25-13-17-27(18-14-25)33-30-23-48-21-5-4-8-28(39)36(46)44-19-6-10-32(44)35(42-30)43-33/h4-5,11-18,22,28,31-32H,6-10,19-21,23,39H2,1-3H3,(H,40,41)(H,42,43)/b5-4+. The van der Waals surface area contributed by atoms with Crippen LogP contribution in [0.1, 0.15) is 82.3 Å². The van der Waals surface area contributed by atoms with Gasteiger partial charge in [0.05, 0.1) is 54.6 Å². The third-order valence-electron chi connectivity index (χ3n) is 9.46. The van der Waals surface area contributed by atoms with Crippen LogP contribution in [0.15, 0.2) is 66.9 Å². The van der Waals surface area contributed by atoms with Crippen molar-refractivity contribution >= 4 is 12.0 Å². The molecule has 49 heavy (non-hydrogen) atoms. The van der Waals surface area contributed by atoms with Gasteiger partial charge in [-0.2, -0.15) is 0 Å². The topological polar surface area (TPSA) is 142 Å². The van der Waals surface area contributed by atoms with Crippen LogP contribution in [0, 0.1) is 0 Å². The number of nitrogens with two attached hydrogens (primary N) is 1. The lowest BCUT2D eigenvalue weighted by molar-refractivity contribution is -0.133. The molecule has 0 spiro atoms. The van der Waals surface area contributed by atoms with Crippen molar-refractivity contribution in [3.05, 3.63) is 84.2 Å². The minimum atomic E-state index is -0.571. The summed E-state index contributed by atoms with van der Waals surface area (Å²) >= 11 is 0. The Bertz CT molecular complexity index is 1820. The highest BCUT2D eigenvalue weighted by Crippen LogP contribution is 2.36. The molecule has 3 unspecified atom stereocenters. The molecule has 0 saturated carbocycles. The Labute approximate surface area is 286 Å². The molecule has 3 aliphatic heterocycles. The summed E-state index contributed by atoms with van der Waals surface area (Å²) in [6.07, 6.45) is 9.41. The van der Waals surface area contributed by atoms with Crippen LogP contribution < -0.4 is 5.73 Å². The summed E-state index contributed by atoms with van der Waals surface area (Å²) in [4.78, 5) is 46.3. The Morgan fingerprint density at radius 2 is 1.57 bits per heavy atom. The fourth-order valence-electron chi connectivity index (χ4n) is 7.00. The van der Waals surface area contributed by atoms with Crippen molar-refractivity contribution in [1.29, 1.82) is 0 Å². The molecule has 3 atom stereocenters. The maximum Gasteiger partial charge on any atom is 0.410 e. The Kier molecular flexibility index (Phi) is 9.13. The molecule has 2 aromatic carbocycles. The first kappa shape index (κ1) is 32.8. The number of amides is 2. The second-order valence-corrected chi connectivity index (χ2v) is 14.1. The predicted molar refractivity (Wildman–Crippen MR) is 187 cm³/mol. The van der Waals surface area contributed by atoms with E-state index in [0.717, 1.165) is 76.7 Å². The van der Waals surface area contributed by atoms with Crippen LogP contribution in [-0.2, 0) is 20.9 Å². The molecular weight excluding hydrogens is 618 g/mol. The fraction of sp³-hybridized carbons (Fsp3) is 0.421. The van der Waals surface area contributed by atoms with Crippen LogP contribution in [0.25, 0.3) is 33.6 Å². The summed E-state index contributed by atoms with van der Waals surface area (Å²) < 4.78 is 11.6. The van der Waals surface area contributed by atoms with E-state index in [2.05, 4.69) is 63.5 Å². The van der Waals surface area contributed by atoms with E-state index in [-0.39, 0.29) is 24.1 Å². The van der Waals surface area contributed by atoms with E-state index < -0.39 is 11.6 Å². The van der Waals surface area contributed by atoms with Crippen LogP contribution in [0.2, 0.25) is 0 Å². The van der Waals surface area contributed by atoms with E-state index >= 15 is 0 Å². The first-order chi connectivity index (χ1) is 23.6. The molecule has 5 heterocycles. The molecule has 2 fully saturated rings. The first-order valence-corrected chi connectivity index (χ1v) is 17.3. The van der Waals surface area contributed by atoms with Crippen LogP contribution >= 0.6 is 0 Å². The zero-order valence-electron chi connectivity index (χ0n) is 28.4. The maximum absolute atomic E-state index is 13.2. The number of imidazole rings is 2. The highest BCUT2D eigenvalue weighted by atomic mass is 16.6. The Morgan fingerprint density at radius 3 is 2.31 bits per heavy atom. The smallest absolute Gasteiger partial charge is 0.410 e. The number of aromatic amines is 2. The van der Waals surface area contributed by atoms with Gasteiger partial charge in [-0.1, -0.05) is 60.7 Å². The van der Waals surface area contributed by atoms with E-state index in [1.807, 2.05) is 44.0 Å². The molecule has 2 saturated heterocycles. The molecule has 2 amide bonds. The molecule has 0 radical (unpaired) electrons. The second kappa shape index (κ2) is 13.6. The highest BCUT2D eigenvalue weighted by molar-refractivity contribution is 5.82. The molecular formula is C38H45N7O4. The number of benzene rings is 2. The van der Waals surface area contributed by atoms with Gasteiger partial charge in [-0.25, -0.2) is 14.8 Å². The van der Waals surface area contributed by atoms with E-state index in [0.29, 0.717) is 32.7 Å². The fourth-order valence-corrected chi connectivity index (χ4v) is 7.00. The minimum absolute atomic E-state index is 0.0335. The Balaban J connectivity index is 1.07. The maximum atomic E-state index is 13.2. The summed E-state index contributed by atoms with van der Waals surface area (Å²) in [5, 5.41) is 0. The van der Waals surface area contributed by atoms with Crippen LogP contribution in [0.3, 0.4) is 0 Å². The van der Waals surface area contributed by atoms with Gasteiger partial charge in [0.1, 0.15) is 17.2 Å². The molecule has 11 heteroatoms. The molecule has 2 aromatic heterocycles. The van der Waals surface area contributed by atoms with Gasteiger partial charge >= 0.3 is 6.09 Å². The molecule has 4 N–H and O–H groups in total. The van der Waals surface area contributed by atoms with Crippen molar-refractivity contribution in [2.45, 2.75) is 83.2 Å². The number of nitrogens with zero attached hydrogens (tertiary/aromatic N) is 4. The number of ether oxygens (including phenoxy) is 2. The molecule has 2 bridgehead atoms. The van der Waals surface area contributed by atoms with E-state index in [1.54, 1.807) is 4.90 Å². The third-order valence-corrected chi connectivity index (χ3v) is 9.46. The largest absolute Gasteiger partial charge is 0.444 e. The molecule has 0 aliphatic carbocycles. The Hall–Kier alpha value is -4.74. The summed E-state index contributed by atoms with van der Waals surface area (Å²) in [6, 6.07) is 15.9. The number of aromatic nitrogens is 4. The minimum Gasteiger partial charge on any atom is -0.444 e. The van der Waals surface area contributed by atoms with Crippen molar-refractivity contribution in [2.75, 3.05) is 19.7 Å². The lowest BCUT2D eigenvalue weighted by atomic mass is 10.0. The molecule has 4 aromatic rings. The lowest BCUT2D eigenvalue weighted by Crippen LogP contribution is -2.43. The first-order valence-electron chi connectivity index (χ1n) is 17.3. The number of nitrogens with one attached hydrogen (secondary N) is 2. The van der Waals surface area contributed by atoms with Crippen molar-refractivity contribution in [1.82, 2.24) is 29.7 Å². The third kappa shape index (κ3) is 7.04. The van der Waals surface area contributed by atoms with Gasteiger partial charge in [-0.15, -0.1) is 0 Å². The number of hydrogen-bond acceptors (Lipinski definition) is 7. The average Bonchev–Trinajstić information content (AvgIpc) is 3.91. The van der Waals surface area contributed by atoms with Gasteiger partial charge < -0.3 is 30.1 Å².